The first-order chi connectivity index (χ1) is 17.5. The molecule has 0 spiro atoms. The summed E-state index contributed by atoms with van der Waals surface area (Å²) in [6, 6.07) is 32.1. The van der Waals surface area contributed by atoms with Gasteiger partial charge in [0, 0.05) is 33.7 Å². The second-order valence-corrected chi connectivity index (χ2v) is 11.8. The highest BCUT2D eigenvalue weighted by atomic mass is 15.3. The largest absolute Gasteiger partial charge is 0.376 e. The molecular weight excluding hydrogens is 435 g/mol. The van der Waals surface area contributed by atoms with E-state index in [0.717, 1.165) is 0 Å². The molecule has 4 aliphatic rings. The van der Waals surface area contributed by atoms with E-state index in [1.807, 2.05) is 0 Å². The molecule has 3 aliphatic heterocycles. The van der Waals surface area contributed by atoms with Crippen molar-refractivity contribution < 1.29 is 0 Å². The van der Waals surface area contributed by atoms with Crippen LogP contribution in [0.5, 0.6) is 0 Å². The van der Waals surface area contributed by atoms with Crippen molar-refractivity contribution in [2.75, 3.05) is 9.71 Å². The van der Waals surface area contributed by atoms with Crippen LogP contribution in [0.2, 0.25) is 0 Å². The molecule has 1 aliphatic carbocycles. The van der Waals surface area contributed by atoms with Gasteiger partial charge in [0.2, 0.25) is 0 Å². The van der Waals surface area contributed by atoms with E-state index in [4.69, 9.17) is 0 Å². The number of rotatable bonds is 1. The average molecular weight is 466 g/mol. The van der Waals surface area contributed by atoms with Gasteiger partial charge in [0.1, 0.15) is 0 Å². The Morgan fingerprint density at radius 2 is 1.53 bits per heavy atom. The Bertz CT molecular complexity index is 1560. The third kappa shape index (κ3) is 2.31. The van der Waals surface area contributed by atoms with Gasteiger partial charge in [-0.25, -0.2) is 0 Å². The highest BCUT2D eigenvalue weighted by Gasteiger charge is 2.61. The Balaban J connectivity index is 1.53. The molecular formula is C33H31BN2. The molecule has 0 amide bonds. The fourth-order valence-corrected chi connectivity index (χ4v) is 8.21. The zero-order valence-corrected chi connectivity index (χ0v) is 21.4. The minimum atomic E-state index is 0.0881. The average Bonchev–Trinajstić information content (AvgIpc) is 3.12. The third-order valence-corrected chi connectivity index (χ3v) is 10.0. The molecule has 0 radical (unpaired) electrons. The van der Waals surface area contributed by atoms with Crippen molar-refractivity contribution in [3.8, 4) is 11.1 Å². The number of anilines is 4. The lowest BCUT2D eigenvalue weighted by Gasteiger charge is -2.53. The van der Waals surface area contributed by atoms with Crippen LogP contribution in [-0.4, -0.2) is 12.4 Å². The Morgan fingerprint density at radius 3 is 2.39 bits per heavy atom. The van der Waals surface area contributed by atoms with Crippen molar-refractivity contribution in [1.82, 2.24) is 0 Å². The van der Waals surface area contributed by atoms with Crippen molar-refractivity contribution in [2.24, 2.45) is 0 Å². The number of para-hydroxylation sites is 3. The van der Waals surface area contributed by atoms with Crippen LogP contribution < -0.4 is 20.6 Å². The molecule has 3 heteroatoms. The normalized spacial score (nSPS) is 24.7. The molecule has 36 heavy (non-hydrogen) atoms. The van der Waals surface area contributed by atoms with Gasteiger partial charge in [0.25, 0.3) is 0 Å². The number of hydrogen-bond acceptors (Lipinski definition) is 2. The zero-order valence-electron chi connectivity index (χ0n) is 21.4. The van der Waals surface area contributed by atoms with Crippen LogP contribution in [-0.2, 0) is 5.41 Å². The number of benzene rings is 4. The fourth-order valence-electron chi connectivity index (χ4n) is 8.21. The highest BCUT2D eigenvalue weighted by Crippen LogP contribution is 2.61. The molecule has 8 rings (SSSR count). The quantitative estimate of drug-likeness (QED) is 0.280. The molecule has 0 aromatic heterocycles. The van der Waals surface area contributed by atoms with Crippen LogP contribution >= 0.6 is 0 Å². The van der Waals surface area contributed by atoms with E-state index in [-0.39, 0.29) is 17.8 Å². The summed E-state index contributed by atoms with van der Waals surface area (Å²) < 4.78 is 0. The first-order valence-electron chi connectivity index (χ1n) is 13.5. The Morgan fingerprint density at radius 1 is 0.750 bits per heavy atom. The predicted octanol–water partition coefficient (Wildman–Crippen LogP) is 6.97. The van der Waals surface area contributed by atoms with Gasteiger partial charge in [-0.2, -0.15) is 0 Å². The van der Waals surface area contributed by atoms with E-state index >= 15 is 0 Å². The molecule has 4 aromatic rings. The van der Waals surface area contributed by atoms with E-state index in [1.54, 1.807) is 5.56 Å². The minimum absolute atomic E-state index is 0.0881. The van der Waals surface area contributed by atoms with E-state index in [2.05, 4.69) is 115 Å². The van der Waals surface area contributed by atoms with Crippen molar-refractivity contribution >= 4 is 40.5 Å². The topological polar surface area (TPSA) is 6.48 Å². The third-order valence-electron chi connectivity index (χ3n) is 10.0. The lowest BCUT2D eigenvalue weighted by Crippen LogP contribution is -2.64. The van der Waals surface area contributed by atoms with Crippen molar-refractivity contribution in [3.05, 3.63) is 96.1 Å². The summed E-state index contributed by atoms with van der Waals surface area (Å²) in [5.41, 5.74) is 14.3. The molecule has 2 unspecified atom stereocenters. The summed E-state index contributed by atoms with van der Waals surface area (Å²) in [5.74, 6) is 0. The predicted molar refractivity (Wildman–Crippen MR) is 153 cm³/mol. The number of nitrogens with zero attached hydrogens (tertiary/aromatic N) is 2. The summed E-state index contributed by atoms with van der Waals surface area (Å²) in [4.78, 5) is 5.41. The van der Waals surface area contributed by atoms with Gasteiger partial charge in [-0.05, 0) is 78.6 Å². The van der Waals surface area contributed by atoms with Crippen LogP contribution in [0.15, 0.2) is 84.9 Å². The molecule has 3 heterocycles. The Hall–Kier alpha value is -3.46. The molecule has 1 saturated carbocycles. The molecule has 2 atom stereocenters. The number of fused-ring (bicyclic) bond motifs is 7. The molecule has 0 saturated heterocycles. The van der Waals surface area contributed by atoms with Crippen molar-refractivity contribution in [3.63, 3.8) is 0 Å². The zero-order chi connectivity index (χ0) is 24.2. The van der Waals surface area contributed by atoms with Gasteiger partial charge in [0.15, 0.2) is 0 Å². The van der Waals surface area contributed by atoms with E-state index in [1.165, 1.54) is 76.0 Å². The lowest BCUT2D eigenvalue weighted by atomic mass is 9.43. The van der Waals surface area contributed by atoms with Gasteiger partial charge in [0.05, 0.1) is 5.54 Å². The highest BCUT2D eigenvalue weighted by molar-refractivity contribution is 6.93. The van der Waals surface area contributed by atoms with Crippen LogP contribution in [0.1, 0.15) is 50.7 Å². The molecule has 1 fully saturated rings. The summed E-state index contributed by atoms with van der Waals surface area (Å²) in [6.45, 7) is 7.54. The standard InChI is InChI=1S/C33H31BN2/c1-22-20-25-24-14-7-8-17-28(24)36(23-12-5-4-6-13-23)34-27-16-11-15-26-31(27)35(29(21-22)30(25)34)33(3)19-10-9-18-32(26,33)2/h4-8,11-17,20-21H,9-10,18-19H2,1-3H3. The maximum atomic E-state index is 2.80. The Labute approximate surface area is 214 Å². The van der Waals surface area contributed by atoms with E-state index in [0.29, 0.717) is 0 Å². The van der Waals surface area contributed by atoms with Crippen molar-refractivity contribution in [2.45, 2.75) is 57.4 Å². The van der Waals surface area contributed by atoms with Crippen LogP contribution in [0.3, 0.4) is 0 Å². The van der Waals surface area contributed by atoms with Crippen LogP contribution in [0.25, 0.3) is 11.1 Å². The molecule has 0 N–H and O–H groups in total. The lowest BCUT2D eigenvalue weighted by molar-refractivity contribution is 0.195. The molecule has 176 valence electrons. The first kappa shape index (κ1) is 20.7. The summed E-state index contributed by atoms with van der Waals surface area (Å²) in [6.07, 6.45) is 5.13. The van der Waals surface area contributed by atoms with Crippen LogP contribution in [0, 0.1) is 6.92 Å². The molecule has 0 bridgehead atoms. The summed E-state index contributed by atoms with van der Waals surface area (Å²) in [7, 11) is 0. The Kier molecular flexibility index (Phi) is 3.94. The minimum Gasteiger partial charge on any atom is -0.376 e. The van der Waals surface area contributed by atoms with Gasteiger partial charge in [-0.3, -0.25) is 0 Å². The van der Waals surface area contributed by atoms with Gasteiger partial charge in [-0.15, -0.1) is 0 Å². The molecule has 2 nitrogen and oxygen atoms in total. The smallest absolute Gasteiger partial charge is 0.333 e. The fraction of sp³-hybridized carbons (Fsp3) is 0.273. The second-order valence-electron chi connectivity index (χ2n) is 11.8. The number of hydrogen-bond donors (Lipinski definition) is 0. The maximum Gasteiger partial charge on any atom is 0.333 e. The maximum absolute atomic E-state index is 2.80. The van der Waals surface area contributed by atoms with Gasteiger partial charge >= 0.3 is 6.85 Å². The second kappa shape index (κ2) is 6.85. The number of aryl methyl sites for hydroxylation is 1. The van der Waals surface area contributed by atoms with Gasteiger partial charge in [-0.1, -0.05) is 80.4 Å². The summed E-state index contributed by atoms with van der Waals surface area (Å²) in [5, 5.41) is 0. The SMILES string of the molecule is Cc1cc2c3c(c1)N1c4c(cccc4C4(C)CCCCC14C)B3N(c1ccccc1)c1ccccc1-2. The van der Waals surface area contributed by atoms with Crippen molar-refractivity contribution in [1.29, 1.82) is 0 Å². The molecule has 4 aromatic carbocycles. The van der Waals surface area contributed by atoms with E-state index in [9.17, 15) is 0 Å². The van der Waals surface area contributed by atoms with E-state index < -0.39 is 0 Å². The monoisotopic (exact) mass is 466 g/mol. The summed E-state index contributed by atoms with van der Waals surface area (Å²) >= 11 is 0. The van der Waals surface area contributed by atoms with Gasteiger partial charge < -0.3 is 9.71 Å². The van der Waals surface area contributed by atoms with Crippen LogP contribution in [0.4, 0.5) is 22.7 Å². The first-order valence-corrected chi connectivity index (χ1v) is 13.5.